The van der Waals surface area contributed by atoms with Crippen molar-refractivity contribution >= 4 is 5.91 Å². The monoisotopic (exact) mass is 341 g/mol. The van der Waals surface area contributed by atoms with Crippen molar-refractivity contribution in [3.8, 4) is 0 Å². The van der Waals surface area contributed by atoms with E-state index in [0.29, 0.717) is 6.54 Å². The van der Waals surface area contributed by atoms with E-state index in [4.69, 9.17) is 4.42 Å². The van der Waals surface area contributed by atoms with E-state index in [1.807, 2.05) is 19.1 Å². The fraction of sp³-hybridized carbons (Fsp3) is 0.500. The second kappa shape index (κ2) is 6.33. The maximum absolute atomic E-state index is 12.6. The van der Waals surface area contributed by atoms with Gasteiger partial charge in [-0.2, -0.15) is 18.3 Å². The highest BCUT2D eigenvalue weighted by Crippen LogP contribution is 2.33. The minimum atomic E-state index is -4.50. The Labute approximate surface area is 137 Å². The predicted molar refractivity (Wildman–Crippen MR) is 79.0 cm³/mol. The lowest BCUT2D eigenvalue weighted by Crippen LogP contribution is -2.33. The van der Waals surface area contributed by atoms with Gasteiger partial charge in [-0.3, -0.25) is 9.48 Å². The van der Waals surface area contributed by atoms with Gasteiger partial charge in [0.2, 0.25) is 5.91 Å². The number of likely N-dealkylation sites (tertiary alicyclic amines) is 1. The first kappa shape index (κ1) is 16.6. The number of hydrogen-bond acceptors (Lipinski definition) is 3. The lowest BCUT2D eigenvalue weighted by molar-refractivity contribution is -0.142. The van der Waals surface area contributed by atoms with Crippen LogP contribution in [0.2, 0.25) is 0 Å². The van der Waals surface area contributed by atoms with Gasteiger partial charge in [0.15, 0.2) is 5.69 Å². The van der Waals surface area contributed by atoms with Crippen LogP contribution in [0, 0.1) is 0 Å². The summed E-state index contributed by atoms with van der Waals surface area (Å²) in [6.45, 7) is 2.34. The molecule has 0 bridgehead atoms. The number of carbonyl (C=O) groups is 1. The highest BCUT2D eigenvalue weighted by molar-refractivity contribution is 5.76. The van der Waals surface area contributed by atoms with Crippen LogP contribution in [0.3, 0.4) is 0 Å². The molecule has 1 fully saturated rings. The molecule has 1 unspecified atom stereocenters. The van der Waals surface area contributed by atoms with Crippen molar-refractivity contribution in [2.45, 2.75) is 44.9 Å². The molecule has 1 saturated heterocycles. The molecule has 8 heteroatoms. The number of nitrogens with zero attached hydrogens (tertiary/aromatic N) is 3. The third-order valence-corrected chi connectivity index (χ3v) is 4.16. The molecule has 1 aliphatic rings. The summed E-state index contributed by atoms with van der Waals surface area (Å²) in [5.41, 5.74) is -0.994. The van der Waals surface area contributed by atoms with Gasteiger partial charge >= 0.3 is 6.18 Å². The van der Waals surface area contributed by atoms with Gasteiger partial charge in [-0.15, -0.1) is 0 Å². The van der Waals surface area contributed by atoms with Gasteiger partial charge in [-0.1, -0.05) is 6.92 Å². The average molecular weight is 341 g/mol. The maximum atomic E-state index is 12.6. The first-order valence-electron chi connectivity index (χ1n) is 7.87. The van der Waals surface area contributed by atoms with Crippen LogP contribution in [-0.4, -0.2) is 27.1 Å². The smallest absolute Gasteiger partial charge is 0.435 e. The van der Waals surface area contributed by atoms with E-state index in [1.54, 1.807) is 4.90 Å². The average Bonchev–Trinajstić information content (AvgIpc) is 3.25. The molecule has 0 radical (unpaired) electrons. The molecular weight excluding hydrogens is 323 g/mol. The van der Waals surface area contributed by atoms with E-state index in [-0.39, 0.29) is 18.5 Å². The zero-order chi connectivity index (χ0) is 17.3. The molecule has 0 N–H and O–H groups in total. The molecule has 1 amide bonds. The third-order valence-electron chi connectivity index (χ3n) is 4.16. The molecule has 3 heterocycles. The Morgan fingerprint density at radius 1 is 1.38 bits per heavy atom. The Balaban J connectivity index is 1.70. The van der Waals surface area contributed by atoms with Crippen LogP contribution < -0.4 is 0 Å². The van der Waals surface area contributed by atoms with E-state index in [9.17, 15) is 18.0 Å². The molecule has 1 atom stereocenters. The number of hydrogen-bond donors (Lipinski definition) is 0. The fourth-order valence-corrected chi connectivity index (χ4v) is 2.95. The number of rotatable bonds is 4. The third kappa shape index (κ3) is 3.32. The van der Waals surface area contributed by atoms with Crippen LogP contribution >= 0.6 is 0 Å². The van der Waals surface area contributed by atoms with E-state index in [2.05, 4.69) is 5.10 Å². The van der Waals surface area contributed by atoms with E-state index in [0.717, 1.165) is 41.5 Å². The van der Waals surface area contributed by atoms with Crippen molar-refractivity contribution in [1.82, 2.24) is 14.7 Å². The molecule has 24 heavy (non-hydrogen) atoms. The number of amides is 1. The predicted octanol–water partition coefficient (Wildman–Crippen LogP) is 3.42. The van der Waals surface area contributed by atoms with Crippen LogP contribution in [0.25, 0.3) is 0 Å². The van der Waals surface area contributed by atoms with Crippen LogP contribution in [0.4, 0.5) is 13.2 Å². The number of furan rings is 1. The van der Waals surface area contributed by atoms with E-state index < -0.39 is 11.9 Å². The molecule has 1 aliphatic heterocycles. The zero-order valence-electron chi connectivity index (χ0n) is 13.2. The van der Waals surface area contributed by atoms with Crippen LogP contribution in [0.5, 0.6) is 0 Å². The van der Waals surface area contributed by atoms with Crippen LogP contribution in [0.1, 0.15) is 43.0 Å². The summed E-state index contributed by atoms with van der Waals surface area (Å²) < 4.78 is 44.5. The van der Waals surface area contributed by atoms with Gasteiger partial charge in [-0.25, -0.2) is 0 Å². The molecule has 5 nitrogen and oxygen atoms in total. The normalized spacial score (nSPS) is 18.3. The van der Waals surface area contributed by atoms with Gasteiger partial charge in [0.1, 0.15) is 18.1 Å². The Morgan fingerprint density at radius 3 is 2.79 bits per heavy atom. The number of halogens is 3. The molecule has 0 aliphatic carbocycles. The van der Waals surface area contributed by atoms with E-state index in [1.165, 1.54) is 6.20 Å². The summed E-state index contributed by atoms with van der Waals surface area (Å²) in [7, 11) is 0. The summed E-state index contributed by atoms with van der Waals surface area (Å²) in [4.78, 5) is 14.1. The van der Waals surface area contributed by atoms with Crippen molar-refractivity contribution in [2.24, 2.45) is 0 Å². The number of alkyl halides is 3. The SMILES string of the molecule is CCc1ccc(C2CCCN2C(=O)Cn2ccc(C(F)(F)F)n2)o1. The number of carbonyl (C=O) groups excluding carboxylic acids is 1. The van der Waals surface area contributed by atoms with Gasteiger partial charge in [0.25, 0.3) is 0 Å². The summed E-state index contributed by atoms with van der Waals surface area (Å²) in [5, 5.41) is 3.43. The Bertz CT molecular complexity index is 720. The molecule has 0 aromatic carbocycles. The topological polar surface area (TPSA) is 51.3 Å². The minimum absolute atomic E-state index is 0.157. The fourth-order valence-electron chi connectivity index (χ4n) is 2.95. The van der Waals surface area contributed by atoms with Crippen molar-refractivity contribution in [1.29, 1.82) is 0 Å². The highest BCUT2D eigenvalue weighted by atomic mass is 19.4. The quantitative estimate of drug-likeness (QED) is 0.856. The molecule has 2 aromatic rings. The first-order valence-corrected chi connectivity index (χ1v) is 7.87. The highest BCUT2D eigenvalue weighted by Gasteiger charge is 2.35. The summed E-state index contributed by atoms with van der Waals surface area (Å²) >= 11 is 0. The summed E-state index contributed by atoms with van der Waals surface area (Å²) in [5.74, 6) is 1.32. The van der Waals surface area contributed by atoms with Crippen molar-refractivity contribution < 1.29 is 22.4 Å². The molecule has 130 valence electrons. The molecule has 2 aromatic heterocycles. The Morgan fingerprint density at radius 2 is 2.17 bits per heavy atom. The van der Waals surface area contributed by atoms with E-state index >= 15 is 0 Å². The van der Waals surface area contributed by atoms with Crippen LogP contribution in [0.15, 0.2) is 28.8 Å². The maximum Gasteiger partial charge on any atom is 0.435 e. The first-order chi connectivity index (χ1) is 11.4. The Kier molecular flexibility index (Phi) is 4.38. The second-order valence-electron chi connectivity index (χ2n) is 5.80. The largest absolute Gasteiger partial charge is 0.464 e. The molecule has 3 rings (SSSR count). The van der Waals surface area contributed by atoms with Gasteiger partial charge in [0.05, 0.1) is 6.04 Å². The van der Waals surface area contributed by atoms with Crippen LogP contribution in [-0.2, 0) is 23.9 Å². The second-order valence-corrected chi connectivity index (χ2v) is 5.80. The molecule has 0 spiro atoms. The molecular formula is C16H18F3N3O2. The molecule has 0 saturated carbocycles. The van der Waals surface area contributed by atoms with Crippen molar-refractivity contribution in [3.63, 3.8) is 0 Å². The zero-order valence-corrected chi connectivity index (χ0v) is 13.2. The standard InChI is InChI=1S/C16H18F3N3O2/c1-2-11-5-6-13(24-11)12-4-3-8-22(12)15(23)10-21-9-7-14(20-21)16(17,18)19/h5-7,9,12H,2-4,8,10H2,1H3. The summed E-state index contributed by atoms with van der Waals surface area (Å²) in [6.07, 6.45) is -0.932. The lowest BCUT2D eigenvalue weighted by atomic mass is 10.1. The lowest BCUT2D eigenvalue weighted by Gasteiger charge is -2.23. The van der Waals surface area contributed by atoms with Crippen molar-refractivity contribution in [2.75, 3.05) is 6.54 Å². The van der Waals surface area contributed by atoms with Crippen molar-refractivity contribution in [3.05, 3.63) is 41.6 Å². The van der Waals surface area contributed by atoms with Gasteiger partial charge in [0, 0.05) is 19.2 Å². The number of aromatic nitrogens is 2. The van der Waals surface area contributed by atoms with Gasteiger partial charge < -0.3 is 9.32 Å². The summed E-state index contributed by atoms with van der Waals surface area (Å²) in [6, 6.07) is 4.47. The number of aryl methyl sites for hydroxylation is 1. The Hall–Kier alpha value is -2.25. The minimum Gasteiger partial charge on any atom is -0.464 e. The van der Waals surface area contributed by atoms with Gasteiger partial charge in [-0.05, 0) is 31.0 Å².